The van der Waals surface area contributed by atoms with Crippen molar-refractivity contribution in [1.82, 2.24) is 19.8 Å². The number of nitrogens with one attached hydrogen (secondary N) is 2. The largest absolute Gasteiger partial charge is 0.511 e. The minimum Gasteiger partial charge on any atom is -0.356 e. The third kappa shape index (κ3) is 7.66. The summed E-state index contributed by atoms with van der Waals surface area (Å²) in [5.41, 5.74) is -5.23. The lowest BCUT2D eigenvalue weighted by Crippen LogP contribution is -2.48. The highest BCUT2D eigenvalue weighted by atomic mass is 127. The molecule has 0 spiro atoms. The van der Waals surface area contributed by atoms with Gasteiger partial charge in [-0.25, -0.2) is 8.42 Å². The Kier molecular flexibility index (Phi) is 11.1. The van der Waals surface area contributed by atoms with Crippen molar-refractivity contribution in [2.45, 2.75) is 51.1 Å². The first-order valence-corrected chi connectivity index (χ1v) is 11.7. The van der Waals surface area contributed by atoms with Gasteiger partial charge >= 0.3 is 15.5 Å². The van der Waals surface area contributed by atoms with Gasteiger partial charge < -0.3 is 15.5 Å². The molecule has 12 heteroatoms. The molecule has 2 aliphatic heterocycles. The summed E-state index contributed by atoms with van der Waals surface area (Å²) in [6.45, 7) is 7.80. The summed E-state index contributed by atoms with van der Waals surface area (Å²) in [6.07, 6.45) is 3.16. The van der Waals surface area contributed by atoms with Gasteiger partial charge in [0.05, 0.1) is 0 Å². The molecule has 0 aliphatic carbocycles. The van der Waals surface area contributed by atoms with E-state index in [9.17, 15) is 21.6 Å². The predicted molar refractivity (Wildman–Crippen MR) is 123 cm³/mol. The van der Waals surface area contributed by atoms with Gasteiger partial charge in [0.2, 0.25) is 0 Å². The minimum absolute atomic E-state index is 0. The van der Waals surface area contributed by atoms with E-state index in [0.717, 1.165) is 19.6 Å². The van der Waals surface area contributed by atoms with E-state index in [1.807, 2.05) is 0 Å². The maximum absolute atomic E-state index is 12.7. The smallest absolute Gasteiger partial charge is 0.356 e. The lowest BCUT2D eigenvalue weighted by Gasteiger charge is -2.35. The third-order valence-corrected chi connectivity index (χ3v) is 7.46. The van der Waals surface area contributed by atoms with Gasteiger partial charge in [-0.05, 0) is 57.9 Å². The number of hydrogen-bond acceptors (Lipinski definition) is 4. The molecule has 2 aliphatic rings. The molecule has 0 bridgehead atoms. The predicted octanol–water partition coefficient (Wildman–Crippen LogP) is 2.45. The first kappa shape index (κ1) is 27.7. The lowest BCUT2D eigenvalue weighted by molar-refractivity contribution is -0.0496. The van der Waals surface area contributed by atoms with Crippen LogP contribution in [0.3, 0.4) is 0 Å². The van der Waals surface area contributed by atoms with Crippen LogP contribution in [0.4, 0.5) is 13.2 Å². The molecule has 0 aromatic heterocycles. The molecule has 178 valence electrons. The molecule has 30 heavy (non-hydrogen) atoms. The number of guanidine groups is 1. The van der Waals surface area contributed by atoms with Crippen molar-refractivity contribution in [3.8, 4) is 0 Å². The zero-order chi connectivity index (χ0) is 21.7. The molecule has 0 radical (unpaired) electrons. The number of aliphatic imine (C=N–C) groups is 1. The van der Waals surface area contributed by atoms with E-state index in [0.29, 0.717) is 41.6 Å². The molecule has 1 atom stereocenters. The van der Waals surface area contributed by atoms with Crippen LogP contribution in [-0.2, 0) is 10.0 Å². The van der Waals surface area contributed by atoms with Crippen LogP contribution in [0, 0.1) is 11.8 Å². The van der Waals surface area contributed by atoms with Gasteiger partial charge in [0.15, 0.2) is 5.96 Å². The number of nitrogens with zero attached hydrogens (tertiary/aromatic N) is 3. The molecule has 1 unspecified atom stereocenters. The third-order valence-electron chi connectivity index (χ3n) is 5.83. The second kappa shape index (κ2) is 12.0. The summed E-state index contributed by atoms with van der Waals surface area (Å²) in [5, 5.41) is 6.58. The fourth-order valence-corrected chi connectivity index (χ4v) is 4.92. The Balaban J connectivity index is 0.00000450. The maximum Gasteiger partial charge on any atom is 0.511 e. The van der Waals surface area contributed by atoms with Crippen LogP contribution in [0.15, 0.2) is 4.99 Å². The number of alkyl halides is 3. The van der Waals surface area contributed by atoms with Gasteiger partial charge in [0, 0.05) is 45.8 Å². The first-order valence-electron chi connectivity index (χ1n) is 10.3. The molecule has 0 aromatic rings. The van der Waals surface area contributed by atoms with Gasteiger partial charge in [-0.3, -0.25) is 4.99 Å². The number of likely N-dealkylation sites (tertiary alicyclic amines) is 1. The molecule has 0 saturated carbocycles. The Hall–Kier alpha value is -0.340. The summed E-state index contributed by atoms with van der Waals surface area (Å²) in [6, 6.07) is 0.544. The van der Waals surface area contributed by atoms with Crippen LogP contribution in [0.5, 0.6) is 0 Å². The maximum atomic E-state index is 12.7. The zero-order valence-corrected chi connectivity index (χ0v) is 21.1. The SMILES string of the molecule is CN=C(NCC1CCN(S(=O)(=O)C(F)(F)F)CC1)NCC1CCCN(C(C)C)C1.I. The number of piperidine rings is 2. The highest BCUT2D eigenvalue weighted by molar-refractivity contribution is 14.0. The van der Waals surface area contributed by atoms with Crippen LogP contribution in [0.25, 0.3) is 0 Å². The Morgan fingerprint density at radius 2 is 1.63 bits per heavy atom. The summed E-state index contributed by atoms with van der Waals surface area (Å²) >= 11 is 0. The normalized spacial score (nSPS) is 23.3. The van der Waals surface area contributed by atoms with Crippen LogP contribution < -0.4 is 10.6 Å². The number of sulfonamides is 1. The van der Waals surface area contributed by atoms with Gasteiger partial charge in [-0.2, -0.15) is 17.5 Å². The summed E-state index contributed by atoms with van der Waals surface area (Å²) in [5.74, 6) is 1.34. The van der Waals surface area contributed by atoms with Crippen molar-refractivity contribution in [3.63, 3.8) is 0 Å². The molecule has 2 rings (SSSR count). The van der Waals surface area contributed by atoms with Gasteiger partial charge in [0.25, 0.3) is 0 Å². The molecule has 2 saturated heterocycles. The van der Waals surface area contributed by atoms with E-state index in [2.05, 4.69) is 34.4 Å². The van der Waals surface area contributed by atoms with Crippen LogP contribution >= 0.6 is 24.0 Å². The first-order chi connectivity index (χ1) is 13.5. The standard InChI is InChI=1S/C18H34F3N5O2S.HI/c1-14(2)25-8-4-5-16(13-25)12-24-17(22-3)23-11-15-6-9-26(10-7-15)29(27,28)18(19,20)21;/h14-16H,4-13H2,1-3H3,(H2,22,23,24);1H. The Bertz CT molecular complexity index is 653. The highest BCUT2D eigenvalue weighted by Crippen LogP contribution is 2.30. The highest BCUT2D eigenvalue weighted by Gasteiger charge is 2.50. The van der Waals surface area contributed by atoms with Crippen molar-refractivity contribution < 1.29 is 21.6 Å². The van der Waals surface area contributed by atoms with Crippen molar-refractivity contribution in [3.05, 3.63) is 0 Å². The van der Waals surface area contributed by atoms with Crippen molar-refractivity contribution in [2.24, 2.45) is 16.8 Å². The second-order valence-corrected chi connectivity index (χ2v) is 10.2. The topological polar surface area (TPSA) is 77.0 Å². The molecular weight excluding hydrogens is 534 g/mol. The monoisotopic (exact) mass is 569 g/mol. The molecule has 2 fully saturated rings. The summed E-state index contributed by atoms with van der Waals surface area (Å²) < 4.78 is 61.5. The van der Waals surface area contributed by atoms with Gasteiger partial charge in [-0.15, -0.1) is 24.0 Å². The Morgan fingerprint density at radius 1 is 1.07 bits per heavy atom. The van der Waals surface area contributed by atoms with Crippen molar-refractivity contribution in [1.29, 1.82) is 0 Å². The van der Waals surface area contributed by atoms with Crippen molar-refractivity contribution >= 4 is 40.0 Å². The summed E-state index contributed by atoms with van der Waals surface area (Å²) in [4.78, 5) is 6.70. The van der Waals surface area contributed by atoms with Crippen molar-refractivity contribution in [2.75, 3.05) is 46.3 Å². The van der Waals surface area contributed by atoms with Gasteiger partial charge in [0.1, 0.15) is 0 Å². The zero-order valence-electron chi connectivity index (χ0n) is 17.9. The van der Waals surface area contributed by atoms with E-state index in [-0.39, 0.29) is 43.0 Å². The van der Waals surface area contributed by atoms with Gasteiger partial charge in [-0.1, -0.05) is 0 Å². The fourth-order valence-electron chi connectivity index (χ4n) is 3.94. The Morgan fingerprint density at radius 3 is 2.13 bits per heavy atom. The fraction of sp³-hybridized carbons (Fsp3) is 0.944. The van der Waals surface area contributed by atoms with E-state index < -0.39 is 15.5 Å². The molecule has 0 amide bonds. The minimum atomic E-state index is -5.23. The lowest BCUT2D eigenvalue weighted by atomic mass is 9.97. The number of halogens is 4. The number of rotatable bonds is 6. The average Bonchev–Trinajstić information content (AvgIpc) is 2.67. The molecular formula is C18H35F3IN5O2S. The average molecular weight is 569 g/mol. The van der Waals surface area contributed by atoms with Crippen LogP contribution in [-0.4, -0.2) is 81.4 Å². The van der Waals surface area contributed by atoms with E-state index in [1.165, 1.54) is 12.8 Å². The van der Waals surface area contributed by atoms with E-state index in [1.54, 1.807) is 7.05 Å². The summed E-state index contributed by atoms with van der Waals surface area (Å²) in [7, 11) is -3.53. The van der Waals surface area contributed by atoms with E-state index in [4.69, 9.17) is 0 Å². The molecule has 2 N–H and O–H groups in total. The Labute approximate surface area is 195 Å². The molecule has 2 heterocycles. The number of hydrogen-bond donors (Lipinski definition) is 2. The van der Waals surface area contributed by atoms with Crippen LogP contribution in [0.2, 0.25) is 0 Å². The molecule has 0 aromatic carbocycles. The molecule has 7 nitrogen and oxygen atoms in total. The second-order valence-electron chi connectivity index (χ2n) is 8.22. The quantitative estimate of drug-likeness (QED) is 0.292. The van der Waals surface area contributed by atoms with E-state index >= 15 is 0 Å². The van der Waals surface area contributed by atoms with Crippen LogP contribution in [0.1, 0.15) is 39.5 Å².